The van der Waals surface area contributed by atoms with Gasteiger partial charge in [-0.3, -0.25) is 4.79 Å². The quantitative estimate of drug-likeness (QED) is 0.841. The van der Waals surface area contributed by atoms with Gasteiger partial charge in [0.05, 0.1) is 14.2 Å². The Labute approximate surface area is 121 Å². The molecular weight excluding hydrogens is 368 g/mol. The van der Waals surface area contributed by atoms with E-state index in [1.165, 1.54) is 11.3 Å². The molecule has 1 amide bonds. The average molecular weight is 382 g/mol. The van der Waals surface area contributed by atoms with Crippen molar-refractivity contribution < 1.29 is 4.79 Å². The van der Waals surface area contributed by atoms with Gasteiger partial charge in [0.1, 0.15) is 0 Å². The molecule has 6 heteroatoms. The molecule has 0 saturated heterocycles. The summed E-state index contributed by atoms with van der Waals surface area (Å²) < 4.78 is 1.84. The van der Waals surface area contributed by atoms with Crippen molar-refractivity contribution in [3.63, 3.8) is 0 Å². The van der Waals surface area contributed by atoms with Crippen molar-refractivity contribution in [2.45, 2.75) is 25.3 Å². The van der Waals surface area contributed by atoms with Crippen LogP contribution < -0.4 is 11.1 Å². The summed E-state index contributed by atoms with van der Waals surface area (Å²) >= 11 is 8.19. The molecule has 1 aliphatic carbocycles. The molecule has 0 radical (unpaired) electrons. The normalized spacial score (nSPS) is 18.8. The fraction of sp³-hybridized carbons (Fsp3) is 0.545. The first-order valence-electron chi connectivity index (χ1n) is 5.43. The van der Waals surface area contributed by atoms with Crippen LogP contribution in [-0.4, -0.2) is 18.0 Å². The van der Waals surface area contributed by atoms with Gasteiger partial charge in [-0.2, -0.15) is 0 Å². The van der Waals surface area contributed by atoms with E-state index >= 15 is 0 Å². The molecule has 1 atom stereocenters. The molecule has 1 fully saturated rings. The molecule has 0 spiro atoms. The zero-order valence-electron chi connectivity index (χ0n) is 9.43. The first-order chi connectivity index (χ1) is 7.96. The zero-order chi connectivity index (χ0) is 12.6. The van der Waals surface area contributed by atoms with Gasteiger partial charge in [0, 0.05) is 11.0 Å². The maximum absolute atomic E-state index is 12.1. The third kappa shape index (κ3) is 2.92. The van der Waals surface area contributed by atoms with E-state index < -0.39 is 0 Å². The van der Waals surface area contributed by atoms with E-state index in [1.807, 2.05) is 13.0 Å². The van der Waals surface area contributed by atoms with Gasteiger partial charge < -0.3 is 11.1 Å². The van der Waals surface area contributed by atoms with E-state index in [1.54, 1.807) is 0 Å². The molecule has 1 aromatic rings. The number of carbonyl (C=O) groups is 1. The first kappa shape index (κ1) is 13.5. The molecule has 3 nitrogen and oxygen atoms in total. The minimum atomic E-state index is -0.264. The standard InChI is InChI=1S/C11H14Br2N2OS/c1-11(5-14,6-2-3-6)15-10(16)8-4-7(12)9(13)17-8/h4,6H,2-3,5,14H2,1H3,(H,15,16). The number of hydrogen-bond acceptors (Lipinski definition) is 3. The SMILES string of the molecule is CC(CN)(NC(=O)c1cc(Br)c(Br)s1)C1CC1. The number of nitrogens with two attached hydrogens (primary N) is 1. The number of halogens is 2. The molecule has 17 heavy (non-hydrogen) atoms. The van der Waals surface area contributed by atoms with Crippen LogP contribution in [0.3, 0.4) is 0 Å². The van der Waals surface area contributed by atoms with Crippen LogP contribution in [0.4, 0.5) is 0 Å². The highest BCUT2D eigenvalue weighted by atomic mass is 79.9. The average Bonchev–Trinajstić information content (AvgIpc) is 3.07. The van der Waals surface area contributed by atoms with E-state index in [4.69, 9.17) is 5.73 Å². The Kier molecular flexibility index (Phi) is 3.97. The third-order valence-corrected chi connectivity index (χ3v) is 6.43. The van der Waals surface area contributed by atoms with E-state index in [2.05, 4.69) is 37.2 Å². The van der Waals surface area contributed by atoms with Crippen LogP contribution in [0.25, 0.3) is 0 Å². The van der Waals surface area contributed by atoms with Crippen molar-refractivity contribution in [2.24, 2.45) is 11.7 Å². The van der Waals surface area contributed by atoms with Crippen molar-refractivity contribution in [1.29, 1.82) is 0 Å². The number of rotatable bonds is 4. The minimum absolute atomic E-state index is 0.0405. The van der Waals surface area contributed by atoms with Crippen LogP contribution in [0.15, 0.2) is 14.3 Å². The lowest BCUT2D eigenvalue weighted by Gasteiger charge is -2.29. The van der Waals surface area contributed by atoms with E-state index in [0.717, 1.165) is 21.1 Å². The Morgan fingerprint density at radius 2 is 2.29 bits per heavy atom. The second-order valence-electron chi connectivity index (χ2n) is 4.58. The summed E-state index contributed by atoms with van der Waals surface area (Å²) in [4.78, 5) is 12.8. The van der Waals surface area contributed by atoms with Crippen molar-refractivity contribution in [2.75, 3.05) is 6.54 Å². The van der Waals surface area contributed by atoms with Gasteiger partial charge in [0.2, 0.25) is 0 Å². The number of nitrogens with one attached hydrogen (secondary N) is 1. The molecule has 1 saturated carbocycles. The van der Waals surface area contributed by atoms with Gasteiger partial charge in [-0.05, 0) is 63.6 Å². The molecule has 2 rings (SSSR count). The molecule has 1 heterocycles. The molecule has 1 aromatic heterocycles. The molecule has 3 N–H and O–H groups in total. The predicted molar refractivity (Wildman–Crippen MR) is 77.4 cm³/mol. The van der Waals surface area contributed by atoms with Crippen molar-refractivity contribution in [3.05, 3.63) is 19.2 Å². The second-order valence-corrected chi connectivity index (χ2v) is 7.81. The van der Waals surface area contributed by atoms with Crippen molar-refractivity contribution in [1.82, 2.24) is 5.32 Å². The largest absolute Gasteiger partial charge is 0.345 e. The number of carbonyl (C=O) groups excluding carboxylic acids is 1. The number of thiophene rings is 1. The van der Waals surface area contributed by atoms with Gasteiger partial charge in [-0.1, -0.05) is 0 Å². The number of hydrogen-bond donors (Lipinski definition) is 2. The van der Waals surface area contributed by atoms with Crippen molar-refractivity contribution >= 4 is 49.1 Å². The maximum Gasteiger partial charge on any atom is 0.261 e. The molecule has 0 aliphatic heterocycles. The molecule has 0 bridgehead atoms. The molecule has 0 aromatic carbocycles. The lowest BCUT2D eigenvalue weighted by molar-refractivity contribution is 0.0902. The van der Waals surface area contributed by atoms with Crippen LogP contribution in [0.2, 0.25) is 0 Å². The van der Waals surface area contributed by atoms with Gasteiger partial charge >= 0.3 is 0 Å². The third-order valence-electron chi connectivity index (χ3n) is 3.17. The summed E-state index contributed by atoms with van der Waals surface area (Å²) in [6.45, 7) is 2.51. The van der Waals surface area contributed by atoms with Crippen LogP contribution in [-0.2, 0) is 0 Å². The van der Waals surface area contributed by atoms with Crippen LogP contribution in [0, 0.1) is 5.92 Å². The Balaban J connectivity index is 2.10. The lowest BCUT2D eigenvalue weighted by Crippen LogP contribution is -2.53. The van der Waals surface area contributed by atoms with Gasteiger partial charge in [-0.15, -0.1) is 11.3 Å². The fourth-order valence-electron chi connectivity index (χ4n) is 1.82. The highest BCUT2D eigenvalue weighted by Gasteiger charge is 2.41. The summed E-state index contributed by atoms with van der Waals surface area (Å²) in [6.07, 6.45) is 2.32. The smallest absolute Gasteiger partial charge is 0.261 e. The van der Waals surface area contributed by atoms with Crippen LogP contribution in [0.1, 0.15) is 29.4 Å². The summed E-state index contributed by atoms with van der Waals surface area (Å²) in [6, 6.07) is 1.83. The summed E-state index contributed by atoms with van der Waals surface area (Å²) in [5, 5.41) is 3.07. The van der Waals surface area contributed by atoms with E-state index in [9.17, 15) is 4.79 Å². The van der Waals surface area contributed by atoms with E-state index in [0.29, 0.717) is 17.3 Å². The highest BCUT2D eigenvalue weighted by molar-refractivity contribution is 9.13. The highest BCUT2D eigenvalue weighted by Crippen LogP contribution is 2.39. The van der Waals surface area contributed by atoms with E-state index in [-0.39, 0.29) is 11.4 Å². The Bertz CT molecular complexity index is 425. The van der Waals surface area contributed by atoms with Gasteiger partial charge in [-0.25, -0.2) is 0 Å². The minimum Gasteiger partial charge on any atom is -0.345 e. The molecular formula is C11H14Br2N2OS. The summed E-state index contributed by atoms with van der Waals surface area (Å²) in [7, 11) is 0. The van der Waals surface area contributed by atoms with Gasteiger partial charge in [0.25, 0.3) is 5.91 Å². The lowest BCUT2D eigenvalue weighted by atomic mass is 9.96. The van der Waals surface area contributed by atoms with Gasteiger partial charge in [0.15, 0.2) is 0 Å². The Morgan fingerprint density at radius 1 is 1.65 bits per heavy atom. The zero-order valence-corrected chi connectivity index (χ0v) is 13.4. The fourth-order valence-corrected chi connectivity index (χ4v) is 3.75. The Morgan fingerprint density at radius 3 is 2.71 bits per heavy atom. The molecule has 1 unspecified atom stereocenters. The van der Waals surface area contributed by atoms with Crippen LogP contribution >= 0.6 is 43.2 Å². The summed E-state index contributed by atoms with van der Waals surface area (Å²) in [5.74, 6) is 0.490. The maximum atomic E-state index is 12.1. The second kappa shape index (κ2) is 4.99. The van der Waals surface area contributed by atoms with Crippen LogP contribution in [0.5, 0.6) is 0 Å². The topological polar surface area (TPSA) is 55.1 Å². The molecule has 94 valence electrons. The summed E-state index contributed by atoms with van der Waals surface area (Å²) in [5.41, 5.74) is 5.52. The monoisotopic (exact) mass is 380 g/mol. The molecule has 1 aliphatic rings. The van der Waals surface area contributed by atoms with Crippen molar-refractivity contribution in [3.8, 4) is 0 Å². The Hall–Kier alpha value is 0.0900. The number of amides is 1. The first-order valence-corrected chi connectivity index (χ1v) is 7.84. The predicted octanol–water partition coefficient (Wildman–Crippen LogP) is 3.13.